The van der Waals surface area contributed by atoms with Gasteiger partial charge in [0.1, 0.15) is 0 Å². The second kappa shape index (κ2) is 5.74. The lowest BCUT2D eigenvalue weighted by molar-refractivity contribution is -0.642. The zero-order chi connectivity index (χ0) is 11.1. The van der Waals surface area contributed by atoms with Crippen LogP contribution in [0.15, 0.2) is 30.6 Å². The van der Waals surface area contributed by atoms with Crippen molar-refractivity contribution in [3.8, 4) is 0 Å². The van der Waals surface area contributed by atoms with Crippen molar-refractivity contribution in [3.63, 3.8) is 0 Å². The molecular weight excluding hydrogens is 196 g/mol. The largest absolute Gasteiger partial charge is 0.469 e. The SMILES string of the molecule is COC(=O)CCC(=O)N[n+]1ccccc1. The van der Waals surface area contributed by atoms with Gasteiger partial charge in [0.25, 0.3) is 5.91 Å². The molecule has 0 bridgehead atoms. The summed E-state index contributed by atoms with van der Waals surface area (Å²) in [5.41, 5.74) is 2.59. The summed E-state index contributed by atoms with van der Waals surface area (Å²) in [6, 6.07) is 5.43. The van der Waals surface area contributed by atoms with Crippen LogP contribution in [0.4, 0.5) is 0 Å². The van der Waals surface area contributed by atoms with Gasteiger partial charge in [0.2, 0.25) is 0 Å². The summed E-state index contributed by atoms with van der Waals surface area (Å²) in [6.07, 6.45) is 3.62. The third-order valence-corrected chi connectivity index (χ3v) is 1.75. The van der Waals surface area contributed by atoms with Crippen molar-refractivity contribution in [2.75, 3.05) is 12.5 Å². The topological polar surface area (TPSA) is 59.3 Å². The normalized spacial score (nSPS) is 9.40. The van der Waals surface area contributed by atoms with Crippen molar-refractivity contribution in [3.05, 3.63) is 30.6 Å². The highest BCUT2D eigenvalue weighted by atomic mass is 16.5. The Morgan fingerprint density at radius 3 is 2.47 bits per heavy atom. The summed E-state index contributed by atoms with van der Waals surface area (Å²) in [5.74, 6) is -0.611. The highest BCUT2D eigenvalue weighted by Crippen LogP contribution is 1.91. The van der Waals surface area contributed by atoms with Gasteiger partial charge < -0.3 is 4.74 Å². The van der Waals surface area contributed by atoms with E-state index in [4.69, 9.17) is 0 Å². The molecule has 1 amide bonds. The predicted molar refractivity (Wildman–Crippen MR) is 52.3 cm³/mol. The number of hydrogen-bond donors (Lipinski definition) is 1. The minimum Gasteiger partial charge on any atom is -0.469 e. The van der Waals surface area contributed by atoms with Gasteiger partial charge in [0.05, 0.1) is 13.5 Å². The highest BCUT2D eigenvalue weighted by molar-refractivity contribution is 5.85. The van der Waals surface area contributed by atoms with Gasteiger partial charge in [0.15, 0.2) is 12.4 Å². The number of esters is 1. The van der Waals surface area contributed by atoms with E-state index in [0.717, 1.165) is 0 Å². The third kappa shape index (κ3) is 4.21. The van der Waals surface area contributed by atoms with E-state index in [1.807, 2.05) is 6.07 Å². The molecule has 0 saturated heterocycles. The molecule has 0 fully saturated rings. The Morgan fingerprint density at radius 1 is 1.20 bits per heavy atom. The highest BCUT2D eigenvalue weighted by Gasteiger charge is 2.09. The molecule has 1 N–H and O–H groups in total. The molecular formula is C10H13N2O3+. The Kier molecular flexibility index (Phi) is 4.28. The van der Waals surface area contributed by atoms with Crippen LogP contribution in [0.2, 0.25) is 0 Å². The number of rotatable bonds is 4. The van der Waals surface area contributed by atoms with Gasteiger partial charge in [-0.15, -0.1) is 5.43 Å². The van der Waals surface area contributed by atoms with Gasteiger partial charge >= 0.3 is 5.97 Å². The van der Waals surface area contributed by atoms with Crippen molar-refractivity contribution in [2.45, 2.75) is 12.8 Å². The fraction of sp³-hybridized carbons (Fsp3) is 0.300. The Morgan fingerprint density at radius 2 is 1.87 bits per heavy atom. The first-order chi connectivity index (χ1) is 7.22. The molecule has 1 rings (SSSR count). The van der Waals surface area contributed by atoms with Gasteiger partial charge in [-0.1, -0.05) is 10.7 Å². The summed E-state index contributed by atoms with van der Waals surface area (Å²) in [4.78, 5) is 22.1. The van der Waals surface area contributed by atoms with E-state index in [0.29, 0.717) is 0 Å². The molecule has 5 nitrogen and oxygen atoms in total. The van der Waals surface area contributed by atoms with Gasteiger partial charge in [0, 0.05) is 18.6 Å². The average Bonchev–Trinajstić information content (AvgIpc) is 2.27. The van der Waals surface area contributed by atoms with Crippen molar-refractivity contribution in [1.82, 2.24) is 0 Å². The van der Waals surface area contributed by atoms with Crippen LogP contribution in [0, 0.1) is 0 Å². The molecule has 0 spiro atoms. The van der Waals surface area contributed by atoms with Crippen LogP contribution in [0.3, 0.4) is 0 Å². The van der Waals surface area contributed by atoms with Crippen LogP contribution in [0.25, 0.3) is 0 Å². The molecule has 0 saturated carbocycles. The van der Waals surface area contributed by atoms with Gasteiger partial charge in [-0.2, -0.15) is 0 Å². The third-order valence-electron chi connectivity index (χ3n) is 1.75. The molecule has 1 heterocycles. The fourth-order valence-electron chi connectivity index (χ4n) is 0.991. The first-order valence-corrected chi connectivity index (χ1v) is 4.55. The lowest BCUT2D eigenvalue weighted by Gasteiger charge is -1.98. The number of hydrogen-bond acceptors (Lipinski definition) is 3. The van der Waals surface area contributed by atoms with Gasteiger partial charge in [-0.3, -0.25) is 9.59 Å². The number of nitrogens with one attached hydrogen (secondary N) is 1. The average molecular weight is 209 g/mol. The van der Waals surface area contributed by atoms with Crippen LogP contribution in [0.1, 0.15) is 12.8 Å². The number of nitrogens with zero attached hydrogens (tertiary/aromatic N) is 1. The summed E-state index contributed by atoms with van der Waals surface area (Å²) in [7, 11) is 1.30. The number of methoxy groups -OCH3 is 1. The maximum absolute atomic E-state index is 11.3. The molecule has 5 heteroatoms. The Bertz CT molecular complexity index is 338. The Labute approximate surface area is 87.6 Å². The van der Waals surface area contributed by atoms with Crippen molar-refractivity contribution >= 4 is 11.9 Å². The molecule has 0 atom stereocenters. The fourth-order valence-corrected chi connectivity index (χ4v) is 0.991. The second-order valence-corrected chi connectivity index (χ2v) is 2.89. The number of aromatic nitrogens is 1. The minimum atomic E-state index is -0.386. The molecule has 0 radical (unpaired) electrons. The van der Waals surface area contributed by atoms with Crippen molar-refractivity contribution < 1.29 is 19.0 Å². The van der Waals surface area contributed by atoms with E-state index in [9.17, 15) is 9.59 Å². The van der Waals surface area contributed by atoms with Crippen molar-refractivity contribution in [2.24, 2.45) is 0 Å². The van der Waals surface area contributed by atoms with E-state index in [2.05, 4.69) is 10.2 Å². The van der Waals surface area contributed by atoms with Crippen LogP contribution in [0.5, 0.6) is 0 Å². The number of carbonyl (C=O) groups excluding carboxylic acids is 2. The number of carbonyl (C=O) groups is 2. The zero-order valence-corrected chi connectivity index (χ0v) is 8.47. The molecule has 0 aliphatic rings. The van der Waals surface area contributed by atoms with Crippen LogP contribution in [-0.4, -0.2) is 19.0 Å². The molecule has 1 aromatic heterocycles. The van der Waals surface area contributed by atoms with E-state index in [1.165, 1.54) is 11.8 Å². The maximum atomic E-state index is 11.3. The molecule has 0 aliphatic heterocycles. The van der Waals surface area contributed by atoms with Crippen LogP contribution in [-0.2, 0) is 14.3 Å². The van der Waals surface area contributed by atoms with Gasteiger partial charge in [-0.05, 0) is 0 Å². The molecule has 0 aromatic carbocycles. The number of pyridine rings is 1. The molecule has 15 heavy (non-hydrogen) atoms. The van der Waals surface area contributed by atoms with E-state index in [-0.39, 0.29) is 24.7 Å². The van der Waals surface area contributed by atoms with E-state index in [1.54, 1.807) is 24.5 Å². The lowest BCUT2D eigenvalue weighted by Crippen LogP contribution is -2.47. The molecule has 80 valence electrons. The smallest absolute Gasteiger partial charge is 0.306 e. The van der Waals surface area contributed by atoms with Crippen LogP contribution < -0.4 is 10.1 Å². The first-order valence-electron chi connectivity index (χ1n) is 4.55. The predicted octanol–water partition coefficient (Wildman–Crippen LogP) is -0.00260. The summed E-state index contributed by atoms with van der Waals surface area (Å²) in [5, 5.41) is 0. The molecule has 1 aromatic rings. The first kappa shape index (κ1) is 11.2. The lowest BCUT2D eigenvalue weighted by atomic mass is 10.3. The molecule has 0 aliphatic carbocycles. The van der Waals surface area contributed by atoms with E-state index >= 15 is 0 Å². The zero-order valence-electron chi connectivity index (χ0n) is 8.47. The number of amides is 1. The van der Waals surface area contributed by atoms with Crippen LogP contribution >= 0.6 is 0 Å². The standard InChI is InChI=1S/C10H12N2O3/c1-15-10(14)6-5-9(13)11-12-7-3-2-4-8-12/h2-4,7-8H,5-6H2,1H3/p+1. The summed E-state index contributed by atoms with van der Waals surface area (Å²) >= 11 is 0. The molecule has 0 unspecified atom stereocenters. The summed E-state index contributed by atoms with van der Waals surface area (Å²) < 4.78 is 5.95. The quantitative estimate of drug-likeness (QED) is 0.560. The van der Waals surface area contributed by atoms with Crippen molar-refractivity contribution in [1.29, 1.82) is 0 Å². The summed E-state index contributed by atoms with van der Waals surface area (Å²) in [6.45, 7) is 0. The monoisotopic (exact) mass is 209 g/mol. The van der Waals surface area contributed by atoms with E-state index < -0.39 is 0 Å². The maximum Gasteiger partial charge on any atom is 0.306 e. The number of ether oxygens (including phenoxy) is 1. The van der Waals surface area contributed by atoms with Gasteiger partial charge in [-0.25, -0.2) is 0 Å². The second-order valence-electron chi connectivity index (χ2n) is 2.89. The minimum absolute atomic E-state index is 0.0930. The Hall–Kier alpha value is -1.91. The Balaban J connectivity index is 2.34.